The third-order valence-corrected chi connectivity index (χ3v) is 4.71. The van der Waals surface area contributed by atoms with Crippen molar-refractivity contribution in [1.29, 1.82) is 0 Å². The number of thiocarbonyl (C=S) groups is 1. The zero-order valence-corrected chi connectivity index (χ0v) is 18.7. The van der Waals surface area contributed by atoms with Gasteiger partial charge in [-0.15, -0.1) is 0 Å². The molecule has 0 radical (unpaired) electrons. The number of hydrogen-bond acceptors (Lipinski definition) is 4. The van der Waals surface area contributed by atoms with Crippen molar-refractivity contribution >= 4 is 35.1 Å². The summed E-state index contributed by atoms with van der Waals surface area (Å²) in [5, 5.41) is 8.32. The van der Waals surface area contributed by atoms with E-state index in [1.807, 2.05) is 67.6 Å². The first-order chi connectivity index (χ1) is 15.1. The van der Waals surface area contributed by atoms with Gasteiger partial charge >= 0.3 is 0 Å². The number of ether oxygens (including phenoxy) is 2. The average Bonchev–Trinajstić information content (AvgIpc) is 2.77. The molecule has 7 heteroatoms. The van der Waals surface area contributed by atoms with Crippen molar-refractivity contribution < 1.29 is 9.47 Å². The highest BCUT2D eigenvalue weighted by Crippen LogP contribution is 2.21. The van der Waals surface area contributed by atoms with Crippen LogP contribution in [0.1, 0.15) is 16.7 Å². The van der Waals surface area contributed by atoms with E-state index in [9.17, 15) is 0 Å². The van der Waals surface area contributed by atoms with Crippen molar-refractivity contribution in [3.05, 3.63) is 94.5 Å². The van der Waals surface area contributed by atoms with Crippen LogP contribution in [0.25, 0.3) is 0 Å². The summed E-state index contributed by atoms with van der Waals surface area (Å²) in [7, 11) is 0. The van der Waals surface area contributed by atoms with Crippen LogP contribution in [-0.4, -0.2) is 24.5 Å². The van der Waals surface area contributed by atoms with Gasteiger partial charge in [-0.25, -0.2) is 0 Å². The van der Waals surface area contributed by atoms with Gasteiger partial charge in [0.05, 0.1) is 6.21 Å². The predicted molar refractivity (Wildman–Crippen MR) is 130 cm³/mol. The van der Waals surface area contributed by atoms with E-state index in [0.717, 1.165) is 22.4 Å². The van der Waals surface area contributed by atoms with E-state index in [-0.39, 0.29) is 0 Å². The zero-order valence-electron chi connectivity index (χ0n) is 17.2. The molecule has 0 spiro atoms. The van der Waals surface area contributed by atoms with E-state index in [4.69, 9.17) is 33.3 Å². The molecule has 0 heterocycles. The van der Waals surface area contributed by atoms with Gasteiger partial charge in [0, 0.05) is 17.1 Å². The standard InChI is InChI=1S/C24H24ClN3O2S/c1-18-6-5-9-22(14-18)29-12-13-30-23-11-10-21(25)15-20(23)17-27-28-24(31)26-16-19-7-3-2-4-8-19/h2-11,14-15,17H,12-13,16H2,1H3,(H2,26,28,31)/b27-17+. The minimum atomic E-state index is 0.390. The summed E-state index contributed by atoms with van der Waals surface area (Å²) in [6.07, 6.45) is 1.62. The Morgan fingerprint density at radius 2 is 1.81 bits per heavy atom. The van der Waals surface area contributed by atoms with Crippen molar-refractivity contribution in [2.45, 2.75) is 13.5 Å². The molecule has 0 unspecified atom stereocenters. The molecule has 0 aliphatic rings. The minimum Gasteiger partial charge on any atom is -0.490 e. The highest BCUT2D eigenvalue weighted by atomic mass is 35.5. The SMILES string of the molecule is Cc1cccc(OCCOc2ccc(Cl)cc2/C=N/NC(=S)NCc2ccccc2)c1. The van der Waals surface area contributed by atoms with Crippen LogP contribution in [0.2, 0.25) is 5.02 Å². The number of rotatable bonds is 9. The molecule has 2 N–H and O–H groups in total. The second-order valence-corrected chi connectivity index (χ2v) is 7.58. The van der Waals surface area contributed by atoms with Crippen molar-refractivity contribution in [1.82, 2.24) is 10.7 Å². The highest BCUT2D eigenvalue weighted by Gasteiger charge is 2.04. The summed E-state index contributed by atoms with van der Waals surface area (Å²) >= 11 is 11.4. The Morgan fingerprint density at radius 1 is 1.00 bits per heavy atom. The number of nitrogens with one attached hydrogen (secondary N) is 2. The van der Waals surface area contributed by atoms with E-state index in [1.165, 1.54) is 0 Å². The van der Waals surface area contributed by atoms with Gasteiger partial charge in [-0.3, -0.25) is 5.43 Å². The zero-order chi connectivity index (χ0) is 21.9. The molecular weight excluding hydrogens is 430 g/mol. The van der Waals surface area contributed by atoms with Gasteiger partial charge in [-0.2, -0.15) is 5.10 Å². The maximum Gasteiger partial charge on any atom is 0.187 e. The fourth-order valence-corrected chi connectivity index (χ4v) is 3.05. The van der Waals surface area contributed by atoms with Crippen LogP contribution in [-0.2, 0) is 6.54 Å². The molecule has 31 heavy (non-hydrogen) atoms. The first kappa shape index (κ1) is 22.6. The number of hydrazone groups is 1. The maximum absolute atomic E-state index is 6.13. The van der Waals surface area contributed by atoms with E-state index in [2.05, 4.69) is 15.8 Å². The van der Waals surface area contributed by atoms with E-state index < -0.39 is 0 Å². The summed E-state index contributed by atoms with van der Waals surface area (Å²) < 4.78 is 11.6. The molecule has 0 bridgehead atoms. The van der Waals surface area contributed by atoms with Crippen LogP contribution >= 0.6 is 23.8 Å². The molecule has 0 amide bonds. The monoisotopic (exact) mass is 453 g/mol. The highest BCUT2D eigenvalue weighted by molar-refractivity contribution is 7.80. The van der Waals surface area contributed by atoms with Gasteiger partial charge in [0.25, 0.3) is 0 Å². The molecule has 5 nitrogen and oxygen atoms in total. The number of halogens is 1. The lowest BCUT2D eigenvalue weighted by molar-refractivity contribution is 0.217. The lowest BCUT2D eigenvalue weighted by Crippen LogP contribution is -2.31. The molecule has 0 saturated heterocycles. The molecule has 3 rings (SSSR count). The Balaban J connectivity index is 1.48. The summed E-state index contributed by atoms with van der Waals surface area (Å²) in [4.78, 5) is 0. The third kappa shape index (κ3) is 7.92. The van der Waals surface area contributed by atoms with E-state index in [0.29, 0.717) is 35.6 Å². The molecule has 3 aromatic carbocycles. The molecule has 0 saturated carbocycles. The van der Waals surface area contributed by atoms with Crippen molar-refractivity contribution in [2.75, 3.05) is 13.2 Å². The molecule has 0 aromatic heterocycles. The Bertz CT molecular complexity index is 1030. The summed E-state index contributed by atoms with van der Waals surface area (Å²) in [6.45, 7) is 3.46. The fourth-order valence-electron chi connectivity index (χ4n) is 2.75. The maximum atomic E-state index is 6.13. The smallest absolute Gasteiger partial charge is 0.187 e. The van der Waals surface area contributed by atoms with Crippen molar-refractivity contribution in [2.24, 2.45) is 5.10 Å². The molecular formula is C24H24ClN3O2S. The third-order valence-electron chi connectivity index (χ3n) is 4.24. The Labute approximate surface area is 193 Å². The number of aryl methyl sites for hydroxylation is 1. The fraction of sp³-hybridized carbons (Fsp3) is 0.167. The average molecular weight is 454 g/mol. The predicted octanol–water partition coefficient (Wildman–Crippen LogP) is 5.10. The van der Waals surface area contributed by atoms with Gasteiger partial charge in [0.2, 0.25) is 0 Å². The summed E-state index contributed by atoms with van der Waals surface area (Å²) in [5.41, 5.74) is 5.83. The van der Waals surface area contributed by atoms with E-state index in [1.54, 1.807) is 18.3 Å². The van der Waals surface area contributed by atoms with Crippen molar-refractivity contribution in [3.63, 3.8) is 0 Å². The van der Waals surface area contributed by atoms with Crippen LogP contribution in [0.5, 0.6) is 11.5 Å². The summed E-state index contributed by atoms with van der Waals surface area (Å²) in [5.74, 6) is 1.48. The topological polar surface area (TPSA) is 54.9 Å². The van der Waals surface area contributed by atoms with Crippen molar-refractivity contribution in [3.8, 4) is 11.5 Å². The first-order valence-corrected chi connectivity index (χ1v) is 10.6. The molecule has 3 aromatic rings. The Morgan fingerprint density at radius 3 is 2.61 bits per heavy atom. The second kappa shape index (κ2) is 11.9. The molecule has 0 aliphatic heterocycles. The molecule has 0 fully saturated rings. The van der Waals surface area contributed by atoms with Crippen LogP contribution in [0.3, 0.4) is 0 Å². The van der Waals surface area contributed by atoms with Gasteiger partial charge in [0.15, 0.2) is 5.11 Å². The Kier molecular flexibility index (Phi) is 8.70. The van der Waals surface area contributed by atoms with E-state index >= 15 is 0 Å². The van der Waals surface area contributed by atoms with Crippen LogP contribution < -0.4 is 20.2 Å². The quantitative estimate of drug-likeness (QED) is 0.204. The number of benzene rings is 3. The molecule has 160 valence electrons. The lowest BCUT2D eigenvalue weighted by Gasteiger charge is -2.11. The van der Waals surface area contributed by atoms with Crippen LogP contribution in [0.4, 0.5) is 0 Å². The van der Waals surface area contributed by atoms with Crippen LogP contribution in [0, 0.1) is 6.92 Å². The Hall–Kier alpha value is -3.09. The van der Waals surface area contributed by atoms with Gasteiger partial charge < -0.3 is 14.8 Å². The largest absolute Gasteiger partial charge is 0.490 e. The lowest BCUT2D eigenvalue weighted by atomic mass is 10.2. The van der Waals surface area contributed by atoms with Gasteiger partial charge in [-0.1, -0.05) is 54.1 Å². The minimum absolute atomic E-state index is 0.390. The van der Waals surface area contributed by atoms with Crippen LogP contribution in [0.15, 0.2) is 77.9 Å². The van der Waals surface area contributed by atoms with Gasteiger partial charge in [-0.05, 0) is 60.6 Å². The normalized spacial score (nSPS) is 10.6. The second-order valence-electron chi connectivity index (χ2n) is 6.73. The van der Waals surface area contributed by atoms with Gasteiger partial charge in [0.1, 0.15) is 24.7 Å². The molecule has 0 aliphatic carbocycles. The molecule has 0 atom stereocenters. The summed E-state index contributed by atoms with van der Waals surface area (Å²) in [6, 6.07) is 23.3. The number of hydrogen-bond donors (Lipinski definition) is 2. The number of nitrogens with zero attached hydrogens (tertiary/aromatic N) is 1. The first-order valence-electron chi connectivity index (χ1n) is 9.83.